The Kier molecular flexibility index (Phi) is 1.23. The molecule has 2 aromatic heterocycles. The van der Waals surface area contributed by atoms with Crippen molar-refractivity contribution in [3.8, 4) is 0 Å². The summed E-state index contributed by atoms with van der Waals surface area (Å²) in [5, 5.41) is 12.7. The molecular formula is C11H12N4. The van der Waals surface area contributed by atoms with Crippen LogP contribution in [0.2, 0.25) is 0 Å². The molecule has 0 aromatic carbocycles. The second-order valence-electron chi connectivity index (χ2n) is 4.72. The zero-order chi connectivity index (χ0) is 9.99. The highest BCUT2D eigenvalue weighted by Crippen LogP contribution is 2.54. The van der Waals surface area contributed by atoms with Crippen LogP contribution in [0.1, 0.15) is 47.9 Å². The van der Waals surface area contributed by atoms with Crippen molar-refractivity contribution < 1.29 is 0 Å². The summed E-state index contributed by atoms with van der Waals surface area (Å²) >= 11 is 0. The molecular weight excluding hydrogens is 188 g/mol. The van der Waals surface area contributed by atoms with Gasteiger partial charge in [0.15, 0.2) is 5.65 Å². The molecule has 0 saturated heterocycles. The maximum absolute atomic E-state index is 4.52. The van der Waals surface area contributed by atoms with Crippen LogP contribution in [0, 0.1) is 6.92 Å². The van der Waals surface area contributed by atoms with Gasteiger partial charge in [0.05, 0.1) is 5.69 Å². The number of aryl methyl sites for hydroxylation is 1. The van der Waals surface area contributed by atoms with Crippen LogP contribution in [0.15, 0.2) is 6.33 Å². The molecule has 15 heavy (non-hydrogen) atoms. The third kappa shape index (κ3) is 0.809. The lowest BCUT2D eigenvalue weighted by atomic mass is 9.92. The van der Waals surface area contributed by atoms with Gasteiger partial charge in [-0.3, -0.25) is 0 Å². The van der Waals surface area contributed by atoms with Crippen LogP contribution < -0.4 is 0 Å². The van der Waals surface area contributed by atoms with E-state index in [4.69, 9.17) is 0 Å². The van der Waals surface area contributed by atoms with E-state index in [1.807, 2.05) is 4.52 Å². The number of nitrogens with zero attached hydrogens (tertiary/aromatic N) is 4. The third-order valence-electron chi connectivity index (χ3n) is 3.96. The molecule has 76 valence electrons. The summed E-state index contributed by atoms with van der Waals surface area (Å²) < 4.78 is 1.83. The Labute approximate surface area is 87.3 Å². The highest BCUT2D eigenvalue weighted by Gasteiger charge is 2.40. The molecule has 2 heterocycles. The van der Waals surface area contributed by atoms with Gasteiger partial charge in [0, 0.05) is 5.56 Å². The highest BCUT2D eigenvalue weighted by atomic mass is 15.3. The van der Waals surface area contributed by atoms with Gasteiger partial charge < -0.3 is 0 Å². The lowest BCUT2D eigenvalue weighted by Gasteiger charge is -2.16. The van der Waals surface area contributed by atoms with Crippen molar-refractivity contribution in [3.05, 3.63) is 23.1 Å². The predicted octanol–water partition coefficient (Wildman–Crippen LogP) is 1.80. The molecule has 1 fully saturated rings. The molecule has 0 aliphatic heterocycles. The minimum atomic E-state index is 0.721. The third-order valence-corrected chi connectivity index (χ3v) is 3.96. The van der Waals surface area contributed by atoms with Crippen LogP contribution in [0.5, 0.6) is 0 Å². The lowest BCUT2D eigenvalue weighted by molar-refractivity contribution is 0.696. The minimum Gasteiger partial charge on any atom is -0.200 e. The van der Waals surface area contributed by atoms with Gasteiger partial charge in [0.1, 0.15) is 6.33 Å². The number of rotatable bonds is 0. The normalized spacial score (nSPS) is 27.5. The summed E-state index contributed by atoms with van der Waals surface area (Å²) in [6.07, 6.45) is 5.67. The van der Waals surface area contributed by atoms with Crippen LogP contribution in [-0.4, -0.2) is 19.8 Å². The van der Waals surface area contributed by atoms with E-state index in [-0.39, 0.29) is 0 Å². The van der Waals surface area contributed by atoms with Crippen LogP contribution >= 0.6 is 0 Å². The Hall–Kier alpha value is -1.45. The molecule has 2 atom stereocenters. The summed E-state index contributed by atoms with van der Waals surface area (Å²) in [6, 6.07) is 0. The molecule has 0 amide bonds. The first-order valence-electron chi connectivity index (χ1n) is 5.55. The second-order valence-corrected chi connectivity index (χ2v) is 4.72. The van der Waals surface area contributed by atoms with Crippen LogP contribution in [0.4, 0.5) is 0 Å². The lowest BCUT2D eigenvalue weighted by Crippen LogP contribution is -2.07. The first-order chi connectivity index (χ1) is 7.34. The Bertz CT molecular complexity index is 557. The number of aromatic nitrogens is 4. The van der Waals surface area contributed by atoms with Gasteiger partial charge >= 0.3 is 0 Å². The molecule has 2 aliphatic rings. The fraction of sp³-hybridized carbons (Fsp3) is 0.545. The van der Waals surface area contributed by atoms with E-state index in [1.54, 1.807) is 6.33 Å². The summed E-state index contributed by atoms with van der Waals surface area (Å²) in [7, 11) is 0. The summed E-state index contributed by atoms with van der Waals surface area (Å²) in [6.45, 7) is 2.11. The first kappa shape index (κ1) is 7.79. The van der Waals surface area contributed by atoms with Gasteiger partial charge in [-0.1, -0.05) is 0 Å². The maximum Gasteiger partial charge on any atom is 0.181 e. The largest absolute Gasteiger partial charge is 0.200 e. The fourth-order valence-electron chi connectivity index (χ4n) is 3.43. The Morgan fingerprint density at radius 1 is 1.27 bits per heavy atom. The molecule has 4 rings (SSSR count). The van der Waals surface area contributed by atoms with Crippen molar-refractivity contribution in [2.24, 2.45) is 0 Å². The fourth-order valence-corrected chi connectivity index (χ4v) is 3.43. The zero-order valence-corrected chi connectivity index (χ0v) is 8.64. The Morgan fingerprint density at radius 2 is 2.07 bits per heavy atom. The quantitative estimate of drug-likeness (QED) is 0.651. The standard InChI is InChI=1S/C11H12N4/c1-6-9-7-2-3-8(4-7)10(9)11-13-12-5-15(11)14-6/h5,7-8H,2-4H2,1H3. The molecule has 2 unspecified atom stereocenters. The van der Waals surface area contributed by atoms with Crippen molar-refractivity contribution in [3.63, 3.8) is 0 Å². The van der Waals surface area contributed by atoms with Gasteiger partial charge in [-0.05, 0) is 43.6 Å². The Balaban J connectivity index is 2.18. The monoisotopic (exact) mass is 200 g/mol. The smallest absolute Gasteiger partial charge is 0.181 e. The second kappa shape index (κ2) is 2.38. The van der Waals surface area contributed by atoms with Gasteiger partial charge in [-0.15, -0.1) is 10.2 Å². The van der Waals surface area contributed by atoms with E-state index < -0.39 is 0 Å². The number of hydrogen-bond donors (Lipinski definition) is 0. The topological polar surface area (TPSA) is 43.1 Å². The Morgan fingerprint density at radius 3 is 2.93 bits per heavy atom. The summed E-state index contributed by atoms with van der Waals surface area (Å²) in [5.41, 5.74) is 5.08. The van der Waals surface area contributed by atoms with Gasteiger partial charge in [0.2, 0.25) is 0 Å². The van der Waals surface area contributed by atoms with Crippen molar-refractivity contribution in [2.75, 3.05) is 0 Å². The van der Waals surface area contributed by atoms with E-state index in [2.05, 4.69) is 22.2 Å². The molecule has 2 bridgehead atoms. The van der Waals surface area contributed by atoms with Gasteiger partial charge in [0.25, 0.3) is 0 Å². The minimum absolute atomic E-state index is 0.721. The summed E-state index contributed by atoms with van der Waals surface area (Å²) in [5.74, 6) is 1.47. The predicted molar refractivity (Wildman–Crippen MR) is 54.9 cm³/mol. The van der Waals surface area contributed by atoms with Crippen molar-refractivity contribution in [1.82, 2.24) is 19.8 Å². The van der Waals surface area contributed by atoms with Crippen molar-refractivity contribution in [2.45, 2.75) is 38.0 Å². The van der Waals surface area contributed by atoms with E-state index in [9.17, 15) is 0 Å². The maximum atomic E-state index is 4.52. The summed E-state index contributed by atoms with van der Waals surface area (Å²) in [4.78, 5) is 0. The molecule has 4 nitrogen and oxygen atoms in total. The number of fused-ring (bicyclic) bond motifs is 7. The SMILES string of the molecule is Cc1nn2cnnc2c2c1C1CCC2C1. The van der Waals surface area contributed by atoms with Crippen molar-refractivity contribution >= 4 is 5.65 Å². The van der Waals surface area contributed by atoms with Gasteiger partial charge in [-0.25, -0.2) is 0 Å². The molecule has 0 spiro atoms. The van der Waals surface area contributed by atoms with E-state index in [1.165, 1.54) is 36.1 Å². The molecule has 2 aromatic rings. The molecule has 0 N–H and O–H groups in total. The highest BCUT2D eigenvalue weighted by molar-refractivity contribution is 5.58. The zero-order valence-electron chi connectivity index (χ0n) is 8.64. The first-order valence-corrected chi connectivity index (χ1v) is 5.55. The van der Waals surface area contributed by atoms with Crippen LogP contribution in [-0.2, 0) is 0 Å². The number of hydrogen-bond acceptors (Lipinski definition) is 3. The molecule has 4 heteroatoms. The van der Waals surface area contributed by atoms with Crippen LogP contribution in [0.3, 0.4) is 0 Å². The van der Waals surface area contributed by atoms with Gasteiger partial charge in [-0.2, -0.15) is 9.61 Å². The average molecular weight is 200 g/mol. The molecule has 2 aliphatic carbocycles. The average Bonchev–Trinajstić information content (AvgIpc) is 2.90. The van der Waals surface area contributed by atoms with E-state index in [0.29, 0.717) is 0 Å². The van der Waals surface area contributed by atoms with Crippen molar-refractivity contribution in [1.29, 1.82) is 0 Å². The van der Waals surface area contributed by atoms with E-state index >= 15 is 0 Å². The molecule has 1 saturated carbocycles. The van der Waals surface area contributed by atoms with Crippen LogP contribution in [0.25, 0.3) is 5.65 Å². The van der Waals surface area contributed by atoms with E-state index in [0.717, 1.165) is 17.5 Å². The molecule has 0 radical (unpaired) electrons.